The number of nitrogens with two attached hydrogens (primary N) is 1. The summed E-state index contributed by atoms with van der Waals surface area (Å²) in [6.45, 7) is 4.83. The van der Waals surface area contributed by atoms with Gasteiger partial charge in [0.25, 0.3) is 0 Å². The van der Waals surface area contributed by atoms with E-state index in [1.54, 1.807) is 0 Å². The summed E-state index contributed by atoms with van der Waals surface area (Å²) in [5.74, 6) is 2.39. The fourth-order valence-electron chi connectivity index (χ4n) is 2.39. The second kappa shape index (κ2) is 4.27. The Bertz CT molecular complexity index is 349. The number of aryl methyl sites for hydroxylation is 1. The van der Waals surface area contributed by atoms with E-state index < -0.39 is 0 Å². The van der Waals surface area contributed by atoms with Crippen molar-refractivity contribution in [3.05, 3.63) is 23.3 Å². The average molecular weight is 205 g/mol. The molecule has 1 aromatic rings. The minimum Gasteiger partial charge on any atom is -0.325 e. The maximum Gasteiger partial charge on any atom is 0.131 e. The molecule has 0 aliphatic heterocycles. The van der Waals surface area contributed by atoms with Crippen LogP contribution in [0, 0.1) is 12.8 Å². The highest BCUT2D eigenvalue weighted by atomic mass is 14.9. The highest BCUT2D eigenvalue weighted by Gasteiger charge is 2.25. The van der Waals surface area contributed by atoms with E-state index in [-0.39, 0.29) is 0 Å². The van der Waals surface area contributed by atoms with Crippen LogP contribution in [0.4, 0.5) is 0 Å². The van der Waals surface area contributed by atoms with Gasteiger partial charge in [0.05, 0.1) is 5.69 Å². The van der Waals surface area contributed by atoms with Crippen LogP contribution in [0.3, 0.4) is 0 Å². The zero-order valence-corrected chi connectivity index (χ0v) is 9.53. The van der Waals surface area contributed by atoms with Crippen LogP contribution in [0.1, 0.15) is 49.3 Å². The van der Waals surface area contributed by atoms with Gasteiger partial charge in [-0.1, -0.05) is 6.92 Å². The topological polar surface area (TPSA) is 51.8 Å². The summed E-state index contributed by atoms with van der Waals surface area (Å²) in [5, 5.41) is 0. The molecule has 0 spiro atoms. The van der Waals surface area contributed by atoms with Gasteiger partial charge in [0, 0.05) is 18.2 Å². The lowest BCUT2D eigenvalue weighted by Crippen LogP contribution is -2.08. The monoisotopic (exact) mass is 205 g/mol. The van der Waals surface area contributed by atoms with E-state index in [0.29, 0.717) is 12.5 Å². The molecular weight excluding hydrogens is 186 g/mol. The highest BCUT2D eigenvalue weighted by molar-refractivity contribution is 5.13. The number of hydrogen-bond donors (Lipinski definition) is 1. The Kier molecular flexibility index (Phi) is 3.00. The normalized spacial score (nSPS) is 25.8. The summed E-state index contributed by atoms with van der Waals surface area (Å²) < 4.78 is 0. The van der Waals surface area contributed by atoms with E-state index in [4.69, 9.17) is 5.73 Å². The van der Waals surface area contributed by atoms with Crippen LogP contribution < -0.4 is 5.73 Å². The third-order valence-corrected chi connectivity index (χ3v) is 3.19. The molecule has 2 unspecified atom stereocenters. The molecule has 3 heteroatoms. The predicted molar refractivity (Wildman–Crippen MR) is 60.4 cm³/mol. The van der Waals surface area contributed by atoms with Crippen molar-refractivity contribution >= 4 is 0 Å². The van der Waals surface area contributed by atoms with Gasteiger partial charge in [-0.25, -0.2) is 9.97 Å². The lowest BCUT2D eigenvalue weighted by molar-refractivity contribution is 0.582. The Labute approximate surface area is 91.1 Å². The third-order valence-electron chi connectivity index (χ3n) is 3.19. The Morgan fingerprint density at radius 1 is 1.40 bits per heavy atom. The summed E-state index contributed by atoms with van der Waals surface area (Å²) in [7, 11) is 0. The van der Waals surface area contributed by atoms with Gasteiger partial charge < -0.3 is 5.73 Å². The van der Waals surface area contributed by atoms with Crippen molar-refractivity contribution in [1.29, 1.82) is 0 Å². The Balaban J connectivity index is 2.24. The molecule has 15 heavy (non-hydrogen) atoms. The minimum absolute atomic E-state index is 0.513. The molecule has 1 aromatic heterocycles. The van der Waals surface area contributed by atoms with E-state index in [1.165, 1.54) is 19.3 Å². The van der Waals surface area contributed by atoms with E-state index in [2.05, 4.69) is 16.9 Å². The van der Waals surface area contributed by atoms with E-state index in [9.17, 15) is 0 Å². The van der Waals surface area contributed by atoms with Crippen LogP contribution in [-0.4, -0.2) is 9.97 Å². The van der Waals surface area contributed by atoms with Crippen LogP contribution in [0.15, 0.2) is 6.07 Å². The second-order valence-electron chi connectivity index (χ2n) is 4.68. The molecule has 0 amide bonds. The molecular formula is C12H19N3. The SMILES string of the molecule is Cc1cc(CN)nc(C2CCC(C)C2)n1. The second-order valence-corrected chi connectivity index (χ2v) is 4.68. The summed E-state index contributed by atoms with van der Waals surface area (Å²) in [4.78, 5) is 9.06. The number of hydrogen-bond acceptors (Lipinski definition) is 3. The Morgan fingerprint density at radius 2 is 2.20 bits per heavy atom. The minimum atomic E-state index is 0.513. The van der Waals surface area contributed by atoms with Gasteiger partial charge in [0.15, 0.2) is 0 Å². The lowest BCUT2D eigenvalue weighted by atomic mass is 10.1. The third kappa shape index (κ3) is 2.34. The van der Waals surface area contributed by atoms with Gasteiger partial charge in [0.2, 0.25) is 0 Å². The Hall–Kier alpha value is -0.960. The molecule has 1 heterocycles. The first kappa shape index (κ1) is 10.6. The molecule has 0 bridgehead atoms. The molecule has 1 saturated carbocycles. The summed E-state index contributed by atoms with van der Waals surface area (Å²) in [6, 6.07) is 1.97. The fraction of sp³-hybridized carbons (Fsp3) is 0.667. The van der Waals surface area contributed by atoms with Crippen LogP contribution in [0.25, 0.3) is 0 Å². The van der Waals surface area contributed by atoms with E-state index >= 15 is 0 Å². The van der Waals surface area contributed by atoms with Crippen molar-refractivity contribution in [3.63, 3.8) is 0 Å². The highest BCUT2D eigenvalue weighted by Crippen LogP contribution is 2.36. The number of rotatable bonds is 2. The maximum atomic E-state index is 5.62. The van der Waals surface area contributed by atoms with Gasteiger partial charge in [-0.3, -0.25) is 0 Å². The fourth-order valence-corrected chi connectivity index (χ4v) is 2.39. The van der Waals surface area contributed by atoms with Gasteiger partial charge in [-0.2, -0.15) is 0 Å². The van der Waals surface area contributed by atoms with Crippen LogP contribution in [-0.2, 0) is 6.54 Å². The van der Waals surface area contributed by atoms with E-state index in [0.717, 1.165) is 23.1 Å². The van der Waals surface area contributed by atoms with Crippen molar-refractivity contribution in [1.82, 2.24) is 9.97 Å². The maximum absolute atomic E-state index is 5.62. The average Bonchev–Trinajstić information content (AvgIpc) is 2.64. The number of nitrogens with zero attached hydrogens (tertiary/aromatic N) is 2. The Morgan fingerprint density at radius 3 is 2.80 bits per heavy atom. The largest absolute Gasteiger partial charge is 0.325 e. The van der Waals surface area contributed by atoms with Crippen molar-refractivity contribution in [3.8, 4) is 0 Å². The first-order chi connectivity index (χ1) is 7.19. The van der Waals surface area contributed by atoms with Crippen LogP contribution in [0.2, 0.25) is 0 Å². The molecule has 3 nitrogen and oxygen atoms in total. The molecule has 82 valence electrons. The molecule has 0 saturated heterocycles. The molecule has 2 atom stereocenters. The smallest absolute Gasteiger partial charge is 0.131 e. The van der Waals surface area contributed by atoms with Crippen molar-refractivity contribution in [2.45, 2.75) is 45.6 Å². The van der Waals surface area contributed by atoms with E-state index in [1.807, 2.05) is 13.0 Å². The molecule has 2 rings (SSSR count). The molecule has 1 aliphatic carbocycles. The van der Waals surface area contributed by atoms with Gasteiger partial charge in [-0.15, -0.1) is 0 Å². The first-order valence-corrected chi connectivity index (χ1v) is 5.73. The standard InChI is InChI=1S/C12H19N3/c1-8-3-4-10(5-8)12-14-9(2)6-11(7-13)15-12/h6,8,10H,3-5,7,13H2,1-2H3. The summed E-state index contributed by atoms with van der Waals surface area (Å²) in [6.07, 6.45) is 3.77. The quantitative estimate of drug-likeness (QED) is 0.804. The van der Waals surface area contributed by atoms with Gasteiger partial charge in [-0.05, 0) is 38.2 Å². The molecule has 2 N–H and O–H groups in total. The molecule has 1 aliphatic rings. The zero-order valence-electron chi connectivity index (χ0n) is 9.53. The van der Waals surface area contributed by atoms with Gasteiger partial charge in [0.1, 0.15) is 5.82 Å². The van der Waals surface area contributed by atoms with Crippen molar-refractivity contribution in [2.75, 3.05) is 0 Å². The summed E-state index contributed by atoms with van der Waals surface area (Å²) >= 11 is 0. The van der Waals surface area contributed by atoms with Crippen molar-refractivity contribution < 1.29 is 0 Å². The van der Waals surface area contributed by atoms with Crippen LogP contribution >= 0.6 is 0 Å². The summed E-state index contributed by atoms with van der Waals surface area (Å²) in [5.41, 5.74) is 7.63. The zero-order chi connectivity index (χ0) is 10.8. The first-order valence-electron chi connectivity index (χ1n) is 5.73. The number of aromatic nitrogens is 2. The van der Waals surface area contributed by atoms with Crippen molar-refractivity contribution in [2.24, 2.45) is 11.7 Å². The molecule has 0 aromatic carbocycles. The van der Waals surface area contributed by atoms with Crippen LogP contribution in [0.5, 0.6) is 0 Å². The molecule has 1 fully saturated rings. The van der Waals surface area contributed by atoms with Gasteiger partial charge >= 0.3 is 0 Å². The lowest BCUT2D eigenvalue weighted by Gasteiger charge is -2.10. The molecule has 0 radical (unpaired) electrons. The predicted octanol–water partition coefficient (Wildman–Crippen LogP) is 2.15.